The number of ether oxygens (including phenoxy) is 5. The standard InChI is InChI=1S/C38H48O7/c1-28(19-22-35(40)41-23-13-12-18-33(39)36-37(2,3)27-44-38(4,5)45-36)32-21-20-31(42-25-29-14-8-6-9-15-29)24-34(32)43-26-30-16-10-7-11-17-30/h6-11,14-17,20-21,24,28,36H,12-13,18-19,22-23,25-27H2,1-5H3. The molecule has 1 fully saturated rings. The molecular formula is C38H48O7. The fraction of sp³-hybridized carbons (Fsp3) is 0.474. The lowest BCUT2D eigenvalue weighted by Gasteiger charge is -2.45. The van der Waals surface area contributed by atoms with Crippen molar-refractivity contribution in [2.24, 2.45) is 5.41 Å². The lowest BCUT2D eigenvalue weighted by atomic mass is 9.82. The summed E-state index contributed by atoms with van der Waals surface area (Å²) in [7, 11) is 0. The van der Waals surface area contributed by atoms with Gasteiger partial charge in [0.2, 0.25) is 0 Å². The number of ketones is 1. The Balaban J connectivity index is 1.24. The van der Waals surface area contributed by atoms with Crippen LogP contribution in [-0.2, 0) is 37.0 Å². The molecule has 0 N–H and O–H groups in total. The first-order chi connectivity index (χ1) is 21.5. The summed E-state index contributed by atoms with van der Waals surface area (Å²) in [6.45, 7) is 11.4. The summed E-state index contributed by atoms with van der Waals surface area (Å²) < 4.78 is 29.5. The number of hydrogen-bond donors (Lipinski definition) is 0. The van der Waals surface area contributed by atoms with Crippen LogP contribution < -0.4 is 9.47 Å². The number of carbonyl (C=O) groups excluding carboxylic acids is 2. The Morgan fingerprint density at radius 2 is 1.49 bits per heavy atom. The lowest BCUT2D eigenvalue weighted by Crippen LogP contribution is -2.53. The quantitative estimate of drug-likeness (QED) is 0.119. The van der Waals surface area contributed by atoms with Gasteiger partial charge in [0.25, 0.3) is 0 Å². The monoisotopic (exact) mass is 616 g/mol. The van der Waals surface area contributed by atoms with Crippen molar-refractivity contribution < 1.29 is 33.3 Å². The summed E-state index contributed by atoms with van der Waals surface area (Å²) in [5, 5.41) is 0. The van der Waals surface area contributed by atoms with Crippen LogP contribution in [0.3, 0.4) is 0 Å². The average molecular weight is 617 g/mol. The molecule has 45 heavy (non-hydrogen) atoms. The largest absolute Gasteiger partial charge is 0.489 e. The Labute approximate surface area is 268 Å². The van der Waals surface area contributed by atoms with E-state index in [0.29, 0.717) is 58.5 Å². The van der Waals surface area contributed by atoms with Gasteiger partial charge in [-0.2, -0.15) is 0 Å². The van der Waals surface area contributed by atoms with Crippen LogP contribution in [0.5, 0.6) is 11.5 Å². The summed E-state index contributed by atoms with van der Waals surface area (Å²) in [4.78, 5) is 25.5. The Bertz CT molecular complexity index is 1370. The van der Waals surface area contributed by atoms with E-state index in [1.54, 1.807) is 0 Å². The van der Waals surface area contributed by atoms with E-state index in [-0.39, 0.29) is 23.1 Å². The van der Waals surface area contributed by atoms with E-state index in [0.717, 1.165) is 28.2 Å². The van der Waals surface area contributed by atoms with Gasteiger partial charge in [0, 0.05) is 24.3 Å². The van der Waals surface area contributed by atoms with E-state index in [1.165, 1.54) is 0 Å². The Kier molecular flexibility index (Phi) is 12.2. The summed E-state index contributed by atoms with van der Waals surface area (Å²) in [5.41, 5.74) is 2.81. The van der Waals surface area contributed by atoms with Crippen molar-refractivity contribution in [3.8, 4) is 11.5 Å². The van der Waals surface area contributed by atoms with Crippen molar-refractivity contribution >= 4 is 11.8 Å². The van der Waals surface area contributed by atoms with Gasteiger partial charge < -0.3 is 23.7 Å². The second-order valence-corrected chi connectivity index (χ2v) is 13.0. The van der Waals surface area contributed by atoms with E-state index in [9.17, 15) is 9.59 Å². The molecule has 242 valence electrons. The van der Waals surface area contributed by atoms with Gasteiger partial charge in [0.15, 0.2) is 11.6 Å². The molecule has 2 atom stereocenters. The third-order valence-corrected chi connectivity index (χ3v) is 8.06. The van der Waals surface area contributed by atoms with Gasteiger partial charge in [-0.15, -0.1) is 0 Å². The molecule has 2 unspecified atom stereocenters. The van der Waals surface area contributed by atoms with Crippen molar-refractivity contribution in [2.75, 3.05) is 13.2 Å². The summed E-state index contributed by atoms with van der Waals surface area (Å²) >= 11 is 0. The van der Waals surface area contributed by atoms with Crippen LogP contribution in [0, 0.1) is 5.41 Å². The molecule has 1 aliphatic rings. The maximum absolute atomic E-state index is 12.9. The molecule has 7 nitrogen and oxygen atoms in total. The molecular weight excluding hydrogens is 568 g/mol. The fourth-order valence-electron chi connectivity index (χ4n) is 5.31. The minimum atomic E-state index is -0.768. The predicted octanol–water partition coefficient (Wildman–Crippen LogP) is 8.19. The molecule has 3 aromatic rings. The molecule has 0 aliphatic carbocycles. The number of esters is 1. The SMILES string of the molecule is CC(CCC(=O)OCCCCC(=O)C1OC(C)(C)OCC1(C)C)c1ccc(OCc2ccccc2)cc1OCc1ccccc1. The van der Waals surface area contributed by atoms with Crippen LogP contribution in [0.2, 0.25) is 0 Å². The van der Waals surface area contributed by atoms with Gasteiger partial charge in [-0.3, -0.25) is 9.59 Å². The first-order valence-electron chi connectivity index (χ1n) is 16.0. The van der Waals surface area contributed by atoms with Crippen molar-refractivity contribution in [3.05, 3.63) is 95.6 Å². The summed E-state index contributed by atoms with van der Waals surface area (Å²) in [6.07, 6.45) is 2.06. The summed E-state index contributed by atoms with van der Waals surface area (Å²) in [6, 6.07) is 26.0. The molecule has 1 heterocycles. The predicted molar refractivity (Wildman–Crippen MR) is 174 cm³/mol. The second kappa shape index (κ2) is 16.1. The first-order valence-corrected chi connectivity index (χ1v) is 16.0. The van der Waals surface area contributed by atoms with Crippen LogP contribution in [0.25, 0.3) is 0 Å². The molecule has 4 rings (SSSR count). The number of unbranched alkanes of at least 4 members (excludes halogenated alkanes) is 1. The number of rotatable bonds is 16. The third-order valence-electron chi connectivity index (χ3n) is 8.06. The maximum Gasteiger partial charge on any atom is 0.305 e. The van der Waals surface area contributed by atoms with Gasteiger partial charge in [0.1, 0.15) is 30.8 Å². The van der Waals surface area contributed by atoms with Crippen molar-refractivity contribution in [3.63, 3.8) is 0 Å². The number of benzene rings is 3. The molecule has 1 aliphatic heterocycles. The minimum Gasteiger partial charge on any atom is -0.489 e. The van der Waals surface area contributed by atoms with Crippen molar-refractivity contribution in [1.82, 2.24) is 0 Å². The van der Waals surface area contributed by atoms with Crippen LogP contribution in [0.15, 0.2) is 78.9 Å². The van der Waals surface area contributed by atoms with E-state index in [1.807, 2.05) is 107 Å². The van der Waals surface area contributed by atoms with Crippen LogP contribution >= 0.6 is 0 Å². The van der Waals surface area contributed by atoms with E-state index < -0.39 is 11.9 Å². The van der Waals surface area contributed by atoms with Gasteiger partial charge in [-0.1, -0.05) is 87.5 Å². The highest BCUT2D eigenvalue weighted by Gasteiger charge is 2.45. The average Bonchev–Trinajstić information content (AvgIpc) is 3.03. The van der Waals surface area contributed by atoms with E-state index in [2.05, 4.69) is 6.92 Å². The second-order valence-electron chi connectivity index (χ2n) is 13.0. The van der Waals surface area contributed by atoms with E-state index >= 15 is 0 Å². The molecule has 3 aromatic carbocycles. The van der Waals surface area contributed by atoms with E-state index in [4.69, 9.17) is 23.7 Å². The van der Waals surface area contributed by atoms with Gasteiger partial charge >= 0.3 is 5.97 Å². The smallest absolute Gasteiger partial charge is 0.305 e. The normalized spacial score (nSPS) is 17.7. The molecule has 0 amide bonds. The molecule has 7 heteroatoms. The highest BCUT2D eigenvalue weighted by Crippen LogP contribution is 2.36. The third kappa shape index (κ3) is 10.7. The lowest BCUT2D eigenvalue weighted by molar-refractivity contribution is -0.303. The molecule has 0 radical (unpaired) electrons. The fourth-order valence-corrected chi connectivity index (χ4v) is 5.31. The van der Waals surface area contributed by atoms with Crippen LogP contribution in [0.1, 0.15) is 89.3 Å². The zero-order valence-electron chi connectivity index (χ0n) is 27.4. The molecule has 0 saturated carbocycles. The molecule has 1 saturated heterocycles. The number of Topliss-reactive ketones (excluding diaryl/α,β-unsaturated/α-hetero) is 1. The Morgan fingerprint density at radius 3 is 2.16 bits per heavy atom. The highest BCUT2D eigenvalue weighted by atomic mass is 16.7. The van der Waals surface area contributed by atoms with Crippen molar-refractivity contribution in [2.45, 2.75) is 97.7 Å². The van der Waals surface area contributed by atoms with Crippen LogP contribution in [0.4, 0.5) is 0 Å². The van der Waals surface area contributed by atoms with Gasteiger partial charge in [-0.25, -0.2) is 0 Å². The maximum atomic E-state index is 12.9. The Morgan fingerprint density at radius 1 is 0.844 bits per heavy atom. The van der Waals surface area contributed by atoms with Crippen molar-refractivity contribution in [1.29, 1.82) is 0 Å². The number of hydrogen-bond acceptors (Lipinski definition) is 7. The zero-order valence-corrected chi connectivity index (χ0v) is 27.4. The zero-order chi connectivity index (χ0) is 32.3. The molecule has 0 aromatic heterocycles. The topological polar surface area (TPSA) is 80.3 Å². The molecule has 0 spiro atoms. The van der Waals surface area contributed by atoms with Gasteiger partial charge in [0.05, 0.1) is 13.2 Å². The number of carbonyl (C=O) groups is 2. The van der Waals surface area contributed by atoms with Gasteiger partial charge in [-0.05, 0) is 61.8 Å². The first kappa shape index (κ1) is 34.2. The van der Waals surface area contributed by atoms with Crippen LogP contribution in [-0.4, -0.2) is 36.9 Å². The molecule has 0 bridgehead atoms. The summed E-state index contributed by atoms with van der Waals surface area (Å²) in [5.74, 6) is 0.601. The highest BCUT2D eigenvalue weighted by molar-refractivity contribution is 5.84. The Hall–Kier alpha value is -3.68. The minimum absolute atomic E-state index is 0.0659.